The molecule has 90 valence electrons. The van der Waals surface area contributed by atoms with Crippen LogP contribution in [-0.4, -0.2) is 21.8 Å². The molecule has 1 aromatic rings. The van der Waals surface area contributed by atoms with Crippen molar-refractivity contribution in [2.24, 2.45) is 0 Å². The molecule has 0 saturated heterocycles. The summed E-state index contributed by atoms with van der Waals surface area (Å²) in [7, 11) is 0. The van der Waals surface area contributed by atoms with Crippen LogP contribution >= 0.6 is 0 Å². The topological polar surface area (TPSA) is 66.8 Å². The maximum atomic E-state index is 11.0. The molecule has 0 fully saturated rings. The Balaban J connectivity index is 2.66. The molecule has 1 aromatic carbocycles. The first-order valence-corrected chi connectivity index (χ1v) is 5.30. The number of aromatic hydroxyl groups is 1. The number of fused-ring (bicyclic) bond motifs is 1. The van der Waals surface area contributed by atoms with Gasteiger partial charge >= 0.3 is 5.97 Å². The first-order chi connectivity index (χ1) is 7.82. The number of aryl methyl sites for hydroxylation is 1. The molecule has 1 heterocycles. The zero-order chi connectivity index (χ0) is 12.8. The van der Waals surface area contributed by atoms with Crippen molar-refractivity contribution in [3.05, 3.63) is 28.8 Å². The summed E-state index contributed by atoms with van der Waals surface area (Å²) in [6, 6.07) is 1.64. The van der Waals surface area contributed by atoms with Crippen LogP contribution in [-0.2, 0) is 0 Å². The van der Waals surface area contributed by atoms with Crippen LogP contribution in [0.4, 0.5) is 0 Å². The molecule has 0 aliphatic carbocycles. The van der Waals surface area contributed by atoms with E-state index in [1.165, 1.54) is 0 Å². The minimum Gasteiger partial charge on any atom is -0.506 e. The van der Waals surface area contributed by atoms with E-state index >= 15 is 0 Å². The van der Waals surface area contributed by atoms with Gasteiger partial charge in [0.25, 0.3) is 0 Å². The predicted octanol–water partition coefficient (Wildman–Crippen LogP) is 2.58. The average molecular weight is 234 g/mol. The minimum atomic E-state index is -1.14. The Morgan fingerprint density at radius 3 is 2.65 bits per heavy atom. The lowest BCUT2D eigenvalue weighted by atomic mass is 9.97. The first-order valence-electron chi connectivity index (χ1n) is 5.30. The summed E-state index contributed by atoms with van der Waals surface area (Å²) in [6.45, 7) is 5.42. The summed E-state index contributed by atoms with van der Waals surface area (Å²) >= 11 is 0. The summed E-state index contributed by atoms with van der Waals surface area (Å²) in [5.74, 6) is -0.863. The van der Waals surface area contributed by atoms with Gasteiger partial charge in [-0.1, -0.05) is 0 Å². The van der Waals surface area contributed by atoms with Crippen molar-refractivity contribution in [2.45, 2.75) is 26.4 Å². The van der Waals surface area contributed by atoms with E-state index in [2.05, 4.69) is 0 Å². The number of benzene rings is 1. The van der Waals surface area contributed by atoms with E-state index < -0.39 is 11.6 Å². The minimum absolute atomic E-state index is 0.0725. The molecule has 4 nitrogen and oxygen atoms in total. The largest absolute Gasteiger partial charge is 0.506 e. The number of phenols is 1. The third-order valence-electron chi connectivity index (χ3n) is 2.74. The van der Waals surface area contributed by atoms with Gasteiger partial charge < -0.3 is 14.9 Å². The Hall–Kier alpha value is -1.97. The average Bonchev–Trinajstić information content (AvgIpc) is 2.14. The van der Waals surface area contributed by atoms with Crippen LogP contribution in [0.5, 0.6) is 11.5 Å². The summed E-state index contributed by atoms with van der Waals surface area (Å²) in [5.41, 5.74) is 0.389. The molecule has 4 heteroatoms. The summed E-state index contributed by atoms with van der Waals surface area (Å²) in [5, 5.41) is 19.0. The number of hydrogen-bond donors (Lipinski definition) is 2. The van der Waals surface area contributed by atoms with Gasteiger partial charge in [-0.05, 0) is 44.6 Å². The van der Waals surface area contributed by atoms with Crippen LogP contribution in [0.3, 0.4) is 0 Å². The third kappa shape index (κ3) is 1.86. The number of ether oxygens (including phenoxy) is 1. The van der Waals surface area contributed by atoms with Gasteiger partial charge in [-0.2, -0.15) is 0 Å². The van der Waals surface area contributed by atoms with Crippen LogP contribution in [0.25, 0.3) is 6.08 Å². The van der Waals surface area contributed by atoms with Gasteiger partial charge in [-0.3, -0.25) is 0 Å². The highest BCUT2D eigenvalue weighted by atomic mass is 16.5. The monoisotopic (exact) mass is 234 g/mol. The Bertz CT molecular complexity index is 527. The first kappa shape index (κ1) is 11.5. The molecular weight excluding hydrogens is 220 g/mol. The molecule has 0 unspecified atom stereocenters. The van der Waals surface area contributed by atoms with E-state index in [4.69, 9.17) is 9.84 Å². The van der Waals surface area contributed by atoms with E-state index in [0.29, 0.717) is 16.9 Å². The van der Waals surface area contributed by atoms with Crippen LogP contribution in [0.1, 0.15) is 35.3 Å². The Kier molecular flexibility index (Phi) is 2.38. The number of aromatic carboxylic acids is 1. The number of carbonyl (C=O) groups is 1. The standard InChI is InChI=1S/C13H14O4/c1-7-6-9-8(4-5-13(2,3)17-9)11(14)10(7)12(15)16/h4-6,14H,1-3H3,(H,15,16). The van der Waals surface area contributed by atoms with Crippen molar-refractivity contribution in [3.63, 3.8) is 0 Å². The fraction of sp³-hybridized carbons (Fsp3) is 0.308. The van der Waals surface area contributed by atoms with Gasteiger partial charge in [0, 0.05) is 0 Å². The van der Waals surface area contributed by atoms with Gasteiger partial charge in [-0.25, -0.2) is 4.79 Å². The van der Waals surface area contributed by atoms with Crippen molar-refractivity contribution in [2.75, 3.05) is 0 Å². The molecular formula is C13H14O4. The predicted molar refractivity (Wildman–Crippen MR) is 63.5 cm³/mol. The van der Waals surface area contributed by atoms with Gasteiger partial charge in [0.1, 0.15) is 22.7 Å². The molecule has 0 atom stereocenters. The zero-order valence-electron chi connectivity index (χ0n) is 9.94. The Morgan fingerprint density at radius 2 is 2.06 bits per heavy atom. The SMILES string of the molecule is Cc1cc2c(c(O)c1C(=O)O)C=CC(C)(C)O2. The maximum Gasteiger partial charge on any atom is 0.339 e. The number of rotatable bonds is 1. The normalized spacial score (nSPS) is 16.2. The fourth-order valence-corrected chi connectivity index (χ4v) is 1.90. The smallest absolute Gasteiger partial charge is 0.339 e. The van der Waals surface area contributed by atoms with Crippen LogP contribution in [0.2, 0.25) is 0 Å². The molecule has 0 aromatic heterocycles. The van der Waals surface area contributed by atoms with Gasteiger partial charge in [0.2, 0.25) is 0 Å². The van der Waals surface area contributed by atoms with Crippen molar-refractivity contribution in [1.82, 2.24) is 0 Å². The lowest BCUT2D eigenvalue weighted by Gasteiger charge is -2.28. The highest BCUT2D eigenvalue weighted by molar-refractivity contribution is 5.95. The highest BCUT2D eigenvalue weighted by Gasteiger charge is 2.27. The summed E-state index contributed by atoms with van der Waals surface area (Å²) in [4.78, 5) is 11.0. The lowest BCUT2D eigenvalue weighted by Crippen LogP contribution is -2.27. The third-order valence-corrected chi connectivity index (χ3v) is 2.74. The van der Waals surface area contributed by atoms with Crippen LogP contribution in [0.15, 0.2) is 12.1 Å². The molecule has 2 rings (SSSR count). The molecule has 0 radical (unpaired) electrons. The number of carboxylic acids is 1. The maximum absolute atomic E-state index is 11.0. The van der Waals surface area contributed by atoms with Gasteiger partial charge in [-0.15, -0.1) is 0 Å². The van der Waals surface area contributed by atoms with E-state index in [1.807, 2.05) is 13.8 Å². The Morgan fingerprint density at radius 1 is 1.41 bits per heavy atom. The number of hydrogen-bond acceptors (Lipinski definition) is 3. The molecule has 0 bridgehead atoms. The lowest BCUT2D eigenvalue weighted by molar-refractivity contribution is 0.0692. The van der Waals surface area contributed by atoms with Gasteiger partial charge in [0.05, 0.1) is 5.56 Å². The second-order valence-corrected chi connectivity index (χ2v) is 4.67. The van der Waals surface area contributed by atoms with Crippen molar-refractivity contribution < 1.29 is 19.7 Å². The summed E-state index contributed by atoms with van der Waals surface area (Å²) < 4.78 is 5.68. The van der Waals surface area contributed by atoms with E-state index in [1.54, 1.807) is 25.1 Å². The summed E-state index contributed by atoms with van der Waals surface area (Å²) in [6.07, 6.45) is 3.48. The molecule has 0 amide bonds. The van der Waals surface area contributed by atoms with Crippen LogP contribution < -0.4 is 4.74 Å². The van der Waals surface area contributed by atoms with Crippen molar-refractivity contribution in [1.29, 1.82) is 0 Å². The Labute approximate surface area is 99.2 Å². The van der Waals surface area contributed by atoms with E-state index in [-0.39, 0.29) is 11.3 Å². The zero-order valence-corrected chi connectivity index (χ0v) is 9.94. The molecule has 1 aliphatic rings. The molecule has 2 N–H and O–H groups in total. The highest BCUT2D eigenvalue weighted by Crippen LogP contribution is 2.40. The molecule has 0 spiro atoms. The molecule has 0 saturated carbocycles. The van der Waals surface area contributed by atoms with E-state index in [0.717, 1.165) is 0 Å². The quantitative estimate of drug-likeness (QED) is 0.783. The fourth-order valence-electron chi connectivity index (χ4n) is 1.90. The second-order valence-electron chi connectivity index (χ2n) is 4.67. The van der Waals surface area contributed by atoms with Crippen molar-refractivity contribution >= 4 is 12.0 Å². The van der Waals surface area contributed by atoms with Gasteiger partial charge in [0.15, 0.2) is 0 Å². The van der Waals surface area contributed by atoms with Crippen molar-refractivity contribution in [3.8, 4) is 11.5 Å². The van der Waals surface area contributed by atoms with E-state index in [9.17, 15) is 9.90 Å². The van der Waals surface area contributed by atoms with Crippen LogP contribution in [0, 0.1) is 6.92 Å². The second kappa shape index (κ2) is 3.52. The molecule has 17 heavy (non-hydrogen) atoms. The number of carboxylic acid groups (broad SMARTS) is 1. The molecule has 1 aliphatic heterocycles.